The first-order valence-electron chi connectivity index (χ1n) is 6.59. The Labute approximate surface area is 94.2 Å². The topological polar surface area (TPSA) is 29.3 Å². The SMILES string of the molecule is CC1CC(C)C(C)N(C(CN)C2CC2)C1. The van der Waals surface area contributed by atoms with Gasteiger partial charge in [-0.1, -0.05) is 13.8 Å². The molecule has 15 heavy (non-hydrogen) atoms. The molecule has 0 bridgehead atoms. The standard InChI is InChI=1S/C13H26N2/c1-9-6-10(2)11(3)15(8-9)13(7-14)12-4-5-12/h9-13H,4-8,14H2,1-3H3. The second kappa shape index (κ2) is 4.42. The number of hydrogen-bond donors (Lipinski definition) is 1. The second-order valence-electron chi connectivity index (χ2n) is 5.90. The van der Waals surface area contributed by atoms with Crippen LogP contribution in [0.15, 0.2) is 0 Å². The summed E-state index contributed by atoms with van der Waals surface area (Å²) in [5.41, 5.74) is 5.96. The molecule has 4 unspecified atom stereocenters. The predicted octanol–water partition coefficient (Wildman–Crippen LogP) is 2.09. The highest BCUT2D eigenvalue weighted by Gasteiger charge is 2.39. The third-order valence-electron chi connectivity index (χ3n) is 4.48. The molecular weight excluding hydrogens is 184 g/mol. The summed E-state index contributed by atoms with van der Waals surface area (Å²) in [6.45, 7) is 9.30. The van der Waals surface area contributed by atoms with Crippen molar-refractivity contribution >= 4 is 0 Å². The van der Waals surface area contributed by atoms with E-state index in [1.54, 1.807) is 0 Å². The van der Waals surface area contributed by atoms with Crippen LogP contribution in [0, 0.1) is 17.8 Å². The molecule has 2 rings (SSSR count). The molecule has 0 aromatic rings. The lowest BCUT2D eigenvalue weighted by molar-refractivity contribution is 0.0349. The molecule has 2 aliphatic rings. The van der Waals surface area contributed by atoms with Crippen LogP contribution >= 0.6 is 0 Å². The van der Waals surface area contributed by atoms with E-state index in [4.69, 9.17) is 5.73 Å². The fourth-order valence-corrected chi connectivity index (χ4v) is 3.28. The van der Waals surface area contributed by atoms with Gasteiger partial charge in [0.25, 0.3) is 0 Å². The van der Waals surface area contributed by atoms with Crippen molar-refractivity contribution in [2.75, 3.05) is 13.1 Å². The Bertz CT molecular complexity index is 213. The molecule has 2 fully saturated rings. The van der Waals surface area contributed by atoms with Crippen molar-refractivity contribution in [1.29, 1.82) is 0 Å². The van der Waals surface area contributed by atoms with Crippen molar-refractivity contribution < 1.29 is 0 Å². The average molecular weight is 210 g/mol. The maximum Gasteiger partial charge on any atom is 0.0249 e. The summed E-state index contributed by atoms with van der Waals surface area (Å²) in [6.07, 6.45) is 4.21. The van der Waals surface area contributed by atoms with Crippen LogP contribution in [0.5, 0.6) is 0 Å². The van der Waals surface area contributed by atoms with Crippen molar-refractivity contribution in [3.8, 4) is 0 Å². The van der Waals surface area contributed by atoms with E-state index in [9.17, 15) is 0 Å². The fraction of sp³-hybridized carbons (Fsp3) is 1.00. The maximum atomic E-state index is 5.96. The van der Waals surface area contributed by atoms with Crippen LogP contribution in [-0.4, -0.2) is 30.1 Å². The molecule has 1 heterocycles. The number of rotatable bonds is 3. The normalized spacial score (nSPS) is 40.4. The van der Waals surface area contributed by atoms with Gasteiger partial charge in [-0.15, -0.1) is 0 Å². The van der Waals surface area contributed by atoms with E-state index in [2.05, 4.69) is 25.7 Å². The Balaban J connectivity index is 2.03. The summed E-state index contributed by atoms with van der Waals surface area (Å²) in [6, 6.07) is 1.40. The predicted molar refractivity (Wildman–Crippen MR) is 64.7 cm³/mol. The van der Waals surface area contributed by atoms with Gasteiger partial charge in [-0.3, -0.25) is 4.90 Å². The summed E-state index contributed by atoms with van der Waals surface area (Å²) in [5.74, 6) is 2.60. The van der Waals surface area contributed by atoms with Crippen LogP contribution in [0.2, 0.25) is 0 Å². The van der Waals surface area contributed by atoms with E-state index in [1.807, 2.05) is 0 Å². The minimum atomic E-state index is 0.671. The lowest BCUT2D eigenvalue weighted by Gasteiger charge is -2.45. The first-order chi connectivity index (χ1) is 7.13. The highest BCUT2D eigenvalue weighted by atomic mass is 15.2. The number of nitrogens with zero attached hydrogens (tertiary/aromatic N) is 1. The molecule has 2 heteroatoms. The molecule has 2 N–H and O–H groups in total. The van der Waals surface area contributed by atoms with Gasteiger partial charge in [-0.25, -0.2) is 0 Å². The molecule has 0 amide bonds. The number of hydrogen-bond acceptors (Lipinski definition) is 2. The van der Waals surface area contributed by atoms with Crippen molar-refractivity contribution in [2.24, 2.45) is 23.5 Å². The molecule has 0 aromatic carbocycles. The van der Waals surface area contributed by atoms with Crippen LogP contribution < -0.4 is 5.73 Å². The highest BCUT2D eigenvalue weighted by Crippen LogP contribution is 2.38. The van der Waals surface area contributed by atoms with E-state index in [-0.39, 0.29) is 0 Å². The minimum Gasteiger partial charge on any atom is -0.329 e. The summed E-state index contributed by atoms with van der Waals surface area (Å²) in [4.78, 5) is 2.70. The number of likely N-dealkylation sites (tertiary alicyclic amines) is 1. The highest BCUT2D eigenvalue weighted by molar-refractivity contribution is 4.94. The van der Waals surface area contributed by atoms with E-state index in [0.717, 1.165) is 30.3 Å². The molecule has 4 atom stereocenters. The molecule has 88 valence electrons. The van der Waals surface area contributed by atoms with Crippen molar-refractivity contribution in [3.05, 3.63) is 0 Å². The number of nitrogens with two attached hydrogens (primary N) is 1. The lowest BCUT2D eigenvalue weighted by atomic mass is 9.84. The van der Waals surface area contributed by atoms with Crippen molar-refractivity contribution in [1.82, 2.24) is 4.90 Å². The number of piperidine rings is 1. The third kappa shape index (κ3) is 2.36. The van der Waals surface area contributed by atoms with Gasteiger partial charge in [-0.05, 0) is 43.9 Å². The van der Waals surface area contributed by atoms with Gasteiger partial charge in [0.1, 0.15) is 0 Å². The summed E-state index contributed by atoms with van der Waals surface area (Å²) in [5, 5.41) is 0. The van der Waals surface area contributed by atoms with Gasteiger partial charge >= 0.3 is 0 Å². The summed E-state index contributed by atoms with van der Waals surface area (Å²) in [7, 11) is 0. The zero-order valence-corrected chi connectivity index (χ0v) is 10.4. The van der Waals surface area contributed by atoms with Gasteiger partial charge in [-0.2, -0.15) is 0 Å². The largest absolute Gasteiger partial charge is 0.329 e. The molecule has 0 spiro atoms. The maximum absolute atomic E-state index is 5.96. The Kier molecular flexibility index (Phi) is 3.36. The minimum absolute atomic E-state index is 0.671. The van der Waals surface area contributed by atoms with Gasteiger partial charge in [0, 0.05) is 25.2 Å². The fourth-order valence-electron chi connectivity index (χ4n) is 3.28. The van der Waals surface area contributed by atoms with Crippen LogP contribution in [0.1, 0.15) is 40.0 Å². The molecule has 1 aliphatic carbocycles. The van der Waals surface area contributed by atoms with Crippen LogP contribution in [0.4, 0.5) is 0 Å². The zero-order chi connectivity index (χ0) is 11.0. The van der Waals surface area contributed by atoms with Gasteiger partial charge in [0.15, 0.2) is 0 Å². The van der Waals surface area contributed by atoms with Crippen LogP contribution in [0.3, 0.4) is 0 Å². The quantitative estimate of drug-likeness (QED) is 0.773. The monoisotopic (exact) mass is 210 g/mol. The van der Waals surface area contributed by atoms with Crippen molar-refractivity contribution in [2.45, 2.75) is 52.1 Å². The molecular formula is C13H26N2. The molecule has 0 aromatic heterocycles. The first kappa shape index (κ1) is 11.4. The average Bonchev–Trinajstić information content (AvgIpc) is 2.98. The van der Waals surface area contributed by atoms with Crippen LogP contribution in [0.25, 0.3) is 0 Å². The second-order valence-corrected chi connectivity index (χ2v) is 5.90. The Morgan fingerprint density at radius 2 is 1.93 bits per heavy atom. The Morgan fingerprint density at radius 1 is 1.27 bits per heavy atom. The smallest absolute Gasteiger partial charge is 0.0249 e. The van der Waals surface area contributed by atoms with E-state index < -0.39 is 0 Å². The van der Waals surface area contributed by atoms with Crippen LogP contribution in [-0.2, 0) is 0 Å². The summed E-state index contributed by atoms with van der Waals surface area (Å²) < 4.78 is 0. The van der Waals surface area contributed by atoms with Gasteiger partial charge in [0.2, 0.25) is 0 Å². The van der Waals surface area contributed by atoms with Crippen molar-refractivity contribution in [3.63, 3.8) is 0 Å². The molecule has 1 aliphatic heterocycles. The molecule has 0 radical (unpaired) electrons. The third-order valence-corrected chi connectivity index (χ3v) is 4.48. The summed E-state index contributed by atoms with van der Waals surface area (Å²) >= 11 is 0. The van der Waals surface area contributed by atoms with E-state index >= 15 is 0 Å². The molecule has 1 saturated carbocycles. The molecule has 1 saturated heterocycles. The van der Waals surface area contributed by atoms with Gasteiger partial charge < -0.3 is 5.73 Å². The first-order valence-corrected chi connectivity index (χ1v) is 6.59. The van der Waals surface area contributed by atoms with E-state index in [0.29, 0.717) is 6.04 Å². The zero-order valence-electron chi connectivity index (χ0n) is 10.4. The molecule has 2 nitrogen and oxygen atoms in total. The Hall–Kier alpha value is -0.0800. The van der Waals surface area contributed by atoms with E-state index in [1.165, 1.54) is 25.8 Å². The Morgan fingerprint density at radius 3 is 2.47 bits per heavy atom. The lowest BCUT2D eigenvalue weighted by Crippen LogP contribution is -2.54. The van der Waals surface area contributed by atoms with Gasteiger partial charge in [0.05, 0.1) is 0 Å².